The van der Waals surface area contributed by atoms with Crippen LogP contribution in [0.4, 0.5) is 0 Å². The van der Waals surface area contributed by atoms with Gasteiger partial charge in [-0.3, -0.25) is 14.5 Å². The van der Waals surface area contributed by atoms with Crippen molar-refractivity contribution in [2.75, 3.05) is 13.7 Å². The molecule has 1 heterocycles. The van der Waals surface area contributed by atoms with E-state index in [1.807, 2.05) is 0 Å². The first-order valence-electron chi connectivity index (χ1n) is 6.66. The summed E-state index contributed by atoms with van der Waals surface area (Å²) in [4.78, 5) is 36.6. The second-order valence-corrected chi connectivity index (χ2v) is 4.85. The molecule has 1 fully saturated rings. The lowest BCUT2D eigenvalue weighted by molar-refractivity contribution is -0.142. The normalized spacial score (nSPS) is 19.7. The molecule has 0 spiro atoms. The van der Waals surface area contributed by atoms with Gasteiger partial charge in [-0.25, -0.2) is 4.79 Å². The number of esters is 1. The Hall–Kier alpha value is -2.21. The van der Waals surface area contributed by atoms with Crippen LogP contribution in [0.1, 0.15) is 23.7 Å². The highest BCUT2D eigenvalue weighted by Gasteiger charge is 2.39. The zero-order valence-corrected chi connectivity index (χ0v) is 11.9. The Balaban J connectivity index is 1.93. The maximum Gasteiger partial charge on any atom is 0.338 e. The number of likely N-dealkylation sites (tertiary alicyclic amines) is 1. The summed E-state index contributed by atoms with van der Waals surface area (Å²) >= 11 is 0. The van der Waals surface area contributed by atoms with Crippen molar-refractivity contribution in [2.45, 2.75) is 25.6 Å². The van der Waals surface area contributed by atoms with Gasteiger partial charge in [-0.15, -0.1) is 0 Å². The molecule has 0 aromatic heterocycles. The number of carbonyl (C=O) groups is 3. The third kappa shape index (κ3) is 3.46. The fraction of sp³-hybridized carbons (Fsp3) is 0.400. The number of rotatable bonds is 5. The van der Waals surface area contributed by atoms with Gasteiger partial charge in [0.25, 0.3) is 5.91 Å². The van der Waals surface area contributed by atoms with E-state index in [0.29, 0.717) is 5.56 Å². The SMILES string of the molecule is COC1CC(=O)N(CC(C)OC(=O)c2ccccc2)C1=O. The molecular formula is C15H17NO5. The minimum absolute atomic E-state index is 0.0364. The van der Waals surface area contributed by atoms with E-state index in [1.165, 1.54) is 7.11 Å². The van der Waals surface area contributed by atoms with Crippen molar-refractivity contribution in [3.8, 4) is 0 Å². The van der Waals surface area contributed by atoms with Gasteiger partial charge < -0.3 is 9.47 Å². The van der Waals surface area contributed by atoms with Crippen molar-refractivity contribution in [2.24, 2.45) is 0 Å². The van der Waals surface area contributed by atoms with Crippen molar-refractivity contribution < 1.29 is 23.9 Å². The number of ether oxygens (including phenoxy) is 2. The van der Waals surface area contributed by atoms with Crippen LogP contribution >= 0.6 is 0 Å². The molecule has 6 nitrogen and oxygen atoms in total. The average molecular weight is 291 g/mol. The van der Waals surface area contributed by atoms with Gasteiger partial charge in [-0.2, -0.15) is 0 Å². The summed E-state index contributed by atoms with van der Waals surface area (Å²) in [6, 6.07) is 8.55. The van der Waals surface area contributed by atoms with E-state index < -0.39 is 18.2 Å². The van der Waals surface area contributed by atoms with Gasteiger partial charge in [0.2, 0.25) is 5.91 Å². The van der Waals surface area contributed by atoms with Crippen molar-refractivity contribution in [1.82, 2.24) is 4.90 Å². The molecule has 0 N–H and O–H groups in total. The second kappa shape index (κ2) is 6.49. The smallest absolute Gasteiger partial charge is 0.338 e. The molecule has 0 bridgehead atoms. The van der Waals surface area contributed by atoms with Crippen LogP contribution in [0.3, 0.4) is 0 Å². The van der Waals surface area contributed by atoms with Gasteiger partial charge in [0, 0.05) is 7.11 Å². The molecule has 1 aromatic carbocycles. The molecule has 1 aliphatic heterocycles. The summed E-state index contributed by atoms with van der Waals surface area (Å²) in [5, 5.41) is 0. The largest absolute Gasteiger partial charge is 0.457 e. The Morgan fingerprint density at radius 2 is 2.00 bits per heavy atom. The monoisotopic (exact) mass is 291 g/mol. The number of hydrogen-bond acceptors (Lipinski definition) is 5. The molecule has 0 radical (unpaired) electrons. The molecule has 0 aliphatic carbocycles. The van der Waals surface area contributed by atoms with E-state index >= 15 is 0 Å². The van der Waals surface area contributed by atoms with Crippen molar-refractivity contribution in [1.29, 1.82) is 0 Å². The van der Waals surface area contributed by atoms with E-state index in [2.05, 4.69) is 0 Å². The molecule has 0 saturated carbocycles. The molecule has 112 valence electrons. The zero-order chi connectivity index (χ0) is 15.4. The van der Waals surface area contributed by atoms with E-state index in [9.17, 15) is 14.4 Å². The summed E-state index contributed by atoms with van der Waals surface area (Å²) in [6.45, 7) is 1.68. The van der Waals surface area contributed by atoms with Crippen LogP contribution in [-0.2, 0) is 19.1 Å². The Bertz CT molecular complexity index is 542. The lowest BCUT2D eigenvalue weighted by Crippen LogP contribution is -2.39. The number of hydrogen-bond donors (Lipinski definition) is 0. The summed E-state index contributed by atoms with van der Waals surface area (Å²) in [5.74, 6) is -1.18. The molecule has 6 heteroatoms. The fourth-order valence-corrected chi connectivity index (χ4v) is 2.15. The summed E-state index contributed by atoms with van der Waals surface area (Å²) in [7, 11) is 1.39. The topological polar surface area (TPSA) is 72.9 Å². The van der Waals surface area contributed by atoms with Gasteiger partial charge in [0.1, 0.15) is 12.2 Å². The highest BCUT2D eigenvalue weighted by atomic mass is 16.5. The summed E-state index contributed by atoms with van der Waals surface area (Å²) in [6.07, 6.45) is -1.27. The molecule has 1 aliphatic rings. The number of amides is 2. The lowest BCUT2D eigenvalue weighted by Gasteiger charge is -2.20. The predicted octanol–water partition coefficient (Wildman–Crippen LogP) is 1.01. The molecule has 2 unspecified atom stereocenters. The van der Waals surface area contributed by atoms with Crippen molar-refractivity contribution in [3.05, 3.63) is 35.9 Å². The van der Waals surface area contributed by atoms with Gasteiger partial charge in [0.05, 0.1) is 18.5 Å². The van der Waals surface area contributed by atoms with Crippen LogP contribution in [0.15, 0.2) is 30.3 Å². The van der Waals surface area contributed by atoms with E-state index in [0.717, 1.165) is 4.90 Å². The van der Waals surface area contributed by atoms with Crippen LogP contribution in [0, 0.1) is 0 Å². The van der Waals surface area contributed by atoms with Gasteiger partial charge in [-0.05, 0) is 19.1 Å². The Morgan fingerprint density at radius 1 is 1.33 bits per heavy atom. The first kappa shape index (κ1) is 15.2. The van der Waals surface area contributed by atoms with E-state index in [-0.39, 0.29) is 24.8 Å². The lowest BCUT2D eigenvalue weighted by atomic mass is 10.2. The number of benzene rings is 1. The minimum Gasteiger partial charge on any atom is -0.457 e. The highest BCUT2D eigenvalue weighted by Crippen LogP contribution is 2.16. The second-order valence-electron chi connectivity index (χ2n) is 4.85. The van der Waals surface area contributed by atoms with Crippen LogP contribution in [-0.4, -0.2) is 48.5 Å². The van der Waals surface area contributed by atoms with E-state index in [1.54, 1.807) is 37.3 Å². The first-order chi connectivity index (χ1) is 10.0. The van der Waals surface area contributed by atoms with E-state index in [4.69, 9.17) is 9.47 Å². The number of nitrogens with zero attached hydrogens (tertiary/aromatic N) is 1. The maximum atomic E-state index is 11.9. The number of methoxy groups -OCH3 is 1. The first-order valence-corrected chi connectivity index (χ1v) is 6.66. The Labute approximate surface area is 122 Å². The molecular weight excluding hydrogens is 274 g/mol. The summed E-state index contributed by atoms with van der Waals surface area (Å²) in [5.41, 5.74) is 0.429. The Morgan fingerprint density at radius 3 is 2.57 bits per heavy atom. The quantitative estimate of drug-likeness (QED) is 0.598. The maximum absolute atomic E-state index is 11.9. The van der Waals surface area contributed by atoms with Crippen molar-refractivity contribution in [3.63, 3.8) is 0 Å². The van der Waals surface area contributed by atoms with Gasteiger partial charge in [-0.1, -0.05) is 18.2 Å². The fourth-order valence-electron chi connectivity index (χ4n) is 2.15. The molecule has 2 amide bonds. The minimum atomic E-state index is -0.727. The number of imide groups is 1. The van der Waals surface area contributed by atoms with Gasteiger partial charge >= 0.3 is 5.97 Å². The zero-order valence-electron chi connectivity index (χ0n) is 11.9. The third-order valence-corrected chi connectivity index (χ3v) is 3.24. The van der Waals surface area contributed by atoms with Crippen LogP contribution < -0.4 is 0 Å². The standard InChI is InChI=1S/C15H17NO5/c1-10(21-15(19)11-6-4-3-5-7-11)9-16-13(17)8-12(20-2)14(16)18/h3-7,10,12H,8-9H2,1-2H3. The molecule has 2 rings (SSSR count). The van der Waals surface area contributed by atoms with Crippen LogP contribution in [0.2, 0.25) is 0 Å². The molecule has 1 saturated heterocycles. The predicted molar refractivity (Wildman–Crippen MR) is 73.5 cm³/mol. The van der Waals surface area contributed by atoms with Gasteiger partial charge in [0.15, 0.2) is 0 Å². The Kier molecular flexibility index (Phi) is 4.70. The van der Waals surface area contributed by atoms with Crippen molar-refractivity contribution >= 4 is 17.8 Å². The number of carbonyl (C=O) groups excluding carboxylic acids is 3. The molecule has 1 aromatic rings. The van der Waals surface area contributed by atoms with Crippen LogP contribution in [0.5, 0.6) is 0 Å². The molecule has 21 heavy (non-hydrogen) atoms. The summed E-state index contributed by atoms with van der Waals surface area (Å²) < 4.78 is 10.2. The highest BCUT2D eigenvalue weighted by molar-refractivity contribution is 6.05. The molecule has 2 atom stereocenters. The van der Waals surface area contributed by atoms with Crippen LogP contribution in [0.25, 0.3) is 0 Å². The average Bonchev–Trinajstić information content (AvgIpc) is 2.75. The third-order valence-electron chi connectivity index (χ3n) is 3.24.